The number of aliphatic imine (C=N–C) groups is 2. The van der Waals surface area contributed by atoms with Gasteiger partial charge in [0.15, 0.2) is 5.84 Å². The van der Waals surface area contributed by atoms with Crippen LogP contribution in [0.15, 0.2) is 69.8 Å². The minimum Gasteiger partial charge on any atom is -0.512 e. The van der Waals surface area contributed by atoms with Gasteiger partial charge < -0.3 is 9.84 Å². The van der Waals surface area contributed by atoms with E-state index in [4.69, 9.17) is 4.74 Å². The number of methoxy groups -OCH3 is 1. The van der Waals surface area contributed by atoms with Gasteiger partial charge in [-0.05, 0) is 13.0 Å². The minimum atomic E-state index is -0.787. The predicted molar refractivity (Wildman–Crippen MR) is 104 cm³/mol. The number of nitrogens with zero attached hydrogens (tertiary/aromatic N) is 3. The molecule has 3 rings (SSSR count). The number of aliphatic hydroxyl groups excluding tert-OH is 1. The highest BCUT2D eigenvalue weighted by molar-refractivity contribution is 6.36. The summed E-state index contributed by atoms with van der Waals surface area (Å²) in [7, 11) is 1.17. The Balaban J connectivity index is 2.10. The maximum absolute atomic E-state index is 12.6. The normalized spacial score (nSPS) is 14.7. The third-order valence-electron chi connectivity index (χ3n) is 4.14. The summed E-state index contributed by atoms with van der Waals surface area (Å²) >= 11 is 0. The molecule has 1 aliphatic rings. The lowest BCUT2D eigenvalue weighted by molar-refractivity contribution is -0.384. The second-order valence-electron chi connectivity index (χ2n) is 6.01. The molecular formula is C20H15N3O6. The number of fused-ring (bicyclic) bond motifs is 1. The van der Waals surface area contributed by atoms with Crippen molar-refractivity contribution in [2.75, 3.05) is 7.11 Å². The van der Waals surface area contributed by atoms with Crippen molar-refractivity contribution in [2.45, 2.75) is 6.92 Å². The summed E-state index contributed by atoms with van der Waals surface area (Å²) in [5.41, 5.74) is 0.732. The van der Waals surface area contributed by atoms with Crippen molar-refractivity contribution < 1.29 is 24.4 Å². The molecule has 2 aromatic carbocycles. The van der Waals surface area contributed by atoms with Crippen LogP contribution < -0.4 is 0 Å². The van der Waals surface area contributed by atoms with Gasteiger partial charge in [0, 0.05) is 28.8 Å². The number of esters is 1. The molecule has 1 aliphatic heterocycles. The number of hydrogen-bond acceptors (Lipinski definition) is 6. The van der Waals surface area contributed by atoms with Gasteiger partial charge >= 0.3 is 5.97 Å². The third kappa shape index (κ3) is 3.79. The molecule has 1 amide bonds. The first kappa shape index (κ1) is 19.6. The van der Waals surface area contributed by atoms with Gasteiger partial charge in [-0.1, -0.05) is 30.3 Å². The van der Waals surface area contributed by atoms with E-state index < -0.39 is 16.8 Å². The molecule has 0 aromatic heterocycles. The first-order chi connectivity index (χ1) is 13.8. The number of non-ortho nitro benzene ring substituents is 1. The van der Waals surface area contributed by atoms with E-state index in [1.807, 2.05) is 0 Å². The zero-order valence-electron chi connectivity index (χ0n) is 15.4. The Bertz CT molecular complexity index is 1130. The summed E-state index contributed by atoms with van der Waals surface area (Å²) in [6.45, 7) is 1.32. The average Bonchev–Trinajstić information content (AvgIpc) is 3.06. The van der Waals surface area contributed by atoms with Crippen LogP contribution in [0.2, 0.25) is 0 Å². The van der Waals surface area contributed by atoms with Gasteiger partial charge in [0.25, 0.3) is 11.6 Å². The number of aliphatic hydroxyl groups is 1. The lowest BCUT2D eigenvalue weighted by Crippen LogP contribution is -2.16. The number of benzene rings is 2. The molecule has 0 atom stereocenters. The van der Waals surface area contributed by atoms with Crippen molar-refractivity contribution in [1.82, 2.24) is 0 Å². The van der Waals surface area contributed by atoms with Crippen molar-refractivity contribution in [3.05, 3.63) is 86.7 Å². The standard InChI is InChI=1S/C20H15N3O6/c1-11(24)16(20(26)29-2)17-14-8-3-4-9-15(14)18(21-17)22-19(25)12-6-5-7-13(10-12)23(27)28/h3-10,24H,1-2H3/b16-11-,22-18?. The van der Waals surface area contributed by atoms with E-state index in [-0.39, 0.29) is 34.1 Å². The number of amidine groups is 1. The zero-order chi connectivity index (χ0) is 21.1. The highest BCUT2D eigenvalue weighted by Gasteiger charge is 2.30. The van der Waals surface area contributed by atoms with E-state index in [9.17, 15) is 24.8 Å². The summed E-state index contributed by atoms with van der Waals surface area (Å²) < 4.78 is 4.71. The minimum absolute atomic E-state index is 0.0229. The number of amides is 1. The molecule has 2 aromatic rings. The van der Waals surface area contributed by atoms with Gasteiger partial charge in [-0.15, -0.1) is 0 Å². The number of carbonyl (C=O) groups is 2. The highest BCUT2D eigenvalue weighted by Crippen LogP contribution is 2.26. The Labute approximate surface area is 164 Å². The molecule has 9 nitrogen and oxygen atoms in total. The van der Waals surface area contributed by atoms with Gasteiger partial charge in [-0.2, -0.15) is 4.99 Å². The smallest absolute Gasteiger partial charge is 0.343 e. The molecule has 9 heteroatoms. The van der Waals surface area contributed by atoms with Crippen LogP contribution in [0.1, 0.15) is 28.4 Å². The summed E-state index contributed by atoms with van der Waals surface area (Å²) in [5, 5.41) is 20.9. The molecule has 146 valence electrons. The Hall–Kier alpha value is -4.14. The van der Waals surface area contributed by atoms with Crippen LogP contribution in [0.5, 0.6) is 0 Å². The quantitative estimate of drug-likeness (QED) is 0.279. The molecule has 0 saturated carbocycles. The van der Waals surface area contributed by atoms with E-state index in [1.165, 1.54) is 32.2 Å². The summed E-state index contributed by atoms with van der Waals surface area (Å²) in [4.78, 5) is 43.2. The first-order valence-electron chi connectivity index (χ1n) is 8.38. The summed E-state index contributed by atoms with van der Waals surface area (Å²) in [6, 6.07) is 11.9. The average molecular weight is 393 g/mol. The van der Waals surface area contributed by atoms with Crippen molar-refractivity contribution in [3.8, 4) is 0 Å². The van der Waals surface area contributed by atoms with Gasteiger partial charge in [-0.3, -0.25) is 14.9 Å². The number of rotatable bonds is 4. The van der Waals surface area contributed by atoms with Crippen LogP contribution in [-0.2, 0) is 9.53 Å². The predicted octanol–water partition coefficient (Wildman–Crippen LogP) is 2.99. The van der Waals surface area contributed by atoms with Gasteiger partial charge in [0.05, 0.1) is 17.7 Å². The van der Waals surface area contributed by atoms with Crippen LogP contribution in [0.4, 0.5) is 5.69 Å². The Morgan fingerprint density at radius 1 is 1.14 bits per heavy atom. The van der Waals surface area contributed by atoms with Crippen molar-refractivity contribution >= 4 is 29.1 Å². The molecule has 0 aliphatic carbocycles. The van der Waals surface area contributed by atoms with Crippen LogP contribution in [-0.4, -0.2) is 40.6 Å². The molecule has 1 N–H and O–H groups in total. The second-order valence-corrected chi connectivity index (χ2v) is 6.01. The Kier molecular flexibility index (Phi) is 5.31. The molecule has 0 bridgehead atoms. The fraction of sp³-hybridized carbons (Fsp3) is 0.100. The number of nitro groups is 1. The molecule has 1 heterocycles. The third-order valence-corrected chi connectivity index (χ3v) is 4.14. The van der Waals surface area contributed by atoms with Gasteiger partial charge in [-0.25, -0.2) is 9.79 Å². The maximum atomic E-state index is 12.6. The lowest BCUT2D eigenvalue weighted by atomic mass is 9.99. The highest BCUT2D eigenvalue weighted by atomic mass is 16.6. The fourth-order valence-corrected chi connectivity index (χ4v) is 2.82. The largest absolute Gasteiger partial charge is 0.512 e. The molecule has 0 fully saturated rings. The molecule has 0 unspecified atom stereocenters. The summed E-state index contributed by atoms with van der Waals surface area (Å²) in [6.07, 6.45) is 0. The van der Waals surface area contributed by atoms with Gasteiger partial charge in [0.1, 0.15) is 11.3 Å². The molecular weight excluding hydrogens is 378 g/mol. The summed E-state index contributed by atoms with van der Waals surface area (Å²) in [5.74, 6) is -1.79. The maximum Gasteiger partial charge on any atom is 0.343 e. The monoisotopic (exact) mass is 393 g/mol. The van der Waals surface area contributed by atoms with Gasteiger partial charge in [0.2, 0.25) is 0 Å². The van der Waals surface area contributed by atoms with E-state index >= 15 is 0 Å². The van der Waals surface area contributed by atoms with Crippen molar-refractivity contribution in [1.29, 1.82) is 0 Å². The number of ether oxygens (including phenoxy) is 1. The number of hydrogen-bond donors (Lipinski definition) is 1. The molecule has 29 heavy (non-hydrogen) atoms. The number of allylic oxidation sites excluding steroid dienone is 1. The molecule has 0 spiro atoms. The van der Waals surface area contributed by atoms with Crippen LogP contribution in [0, 0.1) is 10.1 Å². The van der Waals surface area contributed by atoms with Crippen molar-refractivity contribution in [2.24, 2.45) is 9.98 Å². The number of carbonyl (C=O) groups excluding carboxylic acids is 2. The first-order valence-corrected chi connectivity index (χ1v) is 8.38. The lowest BCUT2D eigenvalue weighted by Gasteiger charge is -2.07. The van der Waals surface area contributed by atoms with Crippen molar-refractivity contribution in [3.63, 3.8) is 0 Å². The molecule has 0 saturated heterocycles. The van der Waals surface area contributed by atoms with E-state index in [0.717, 1.165) is 6.07 Å². The Morgan fingerprint density at radius 2 is 1.83 bits per heavy atom. The van der Waals surface area contributed by atoms with E-state index in [2.05, 4.69) is 9.98 Å². The Morgan fingerprint density at radius 3 is 2.45 bits per heavy atom. The van der Waals surface area contributed by atoms with Crippen LogP contribution in [0.25, 0.3) is 0 Å². The number of nitro benzene ring substituents is 1. The second kappa shape index (κ2) is 7.85. The molecule has 0 radical (unpaired) electrons. The fourth-order valence-electron chi connectivity index (χ4n) is 2.82. The topological polar surface area (TPSA) is 131 Å². The van der Waals surface area contributed by atoms with E-state index in [0.29, 0.717) is 11.1 Å². The van der Waals surface area contributed by atoms with Crippen LogP contribution >= 0.6 is 0 Å². The SMILES string of the molecule is COC(=O)/C(C1=NC(=NC(=O)c2cccc([N+](=O)[O-])c2)c2ccccc21)=C(/C)O. The zero-order valence-corrected chi connectivity index (χ0v) is 15.4. The van der Waals surface area contributed by atoms with Crippen LogP contribution in [0.3, 0.4) is 0 Å². The van der Waals surface area contributed by atoms with E-state index in [1.54, 1.807) is 24.3 Å².